The van der Waals surface area contributed by atoms with E-state index in [-0.39, 0.29) is 50.6 Å². The summed E-state index contributed by atoms with van der Waals surface area (Å²) in [6, 6.07) is 9.40. The van der Waals surface area contributed by atoms with Crippen molar-refractivity contribution >= 4 is 53.2 Å². The van der Waals surface area contributed by atoms with E-state index < -0.39 is 119 Å². The molecule has 2 heterocycles. The minimum atomic E-state index is -1.96. The van der Waals surface area contributed by atoms with Crippen LogP contribution in [0.4, 0.5) is 0 Å². The van der Waals surface area contributed by atoms with Gasteiger partial charge in [0.2, 0.25) is 41.4 Å². The SMILES string of the molecule is CCC(C)[C@@H]1NC(=O)[C@@H]2CCN(C2)C(=O)[C@H](Cc2ccccc2)N(C)C(=O)C(Cc2ccccc2)NC(=O)[C@H](C)N(C)C(=O)[C@@H](C(C)CC)OC(=O)[C@H](C(C)(C)O)N(C)C(=O)[C@H](CC(C)C)NC(=O)[C@H](C)N(C)C1=O. The number of ether oxygens (including phenoxy) is 1. The molecule has 2 fully saturated rings. The Hall–Kier alpha value is -6.37. The minimum absolute atomic E-state index is 0.00288. The van der Waals surface area contributed by atoms with Crippen molar-refractivity contribution in [1.29, 1.82) is 0 Å². The molecule has 2 aliphatic rings. The van der Waals surface area contributed by atoms with Crippen LogP contribution in [-0.4, -0.2) is 178 Å². The van der Waals surface area contributed by atoms with Crippen LogP contribution in [0.15, 0.2) is 60.7 Å². The van der Waals surface area contributed by atoms with Gasteiger partial charge in [-0.25, -0.2) is 4.79 Å². The van der Waals surface area contributed by atoms with Gasteiger partial charge in [0.15, 0.2) is 12.1 Å². The van der Waals surface area contributed by atoms with E-state index >= 15 is 0 Å². The number of nitrogens with zero attached hydrogens (tertiary/aromatic N) is 5. The highest BCUT2D eigenvalue weighted by Crippen LogP contribution is 2.26. The number of nitrogens with one attached hydrogen (secondary N) is 3. The maximum absolute atomic E-state index is 15.0. The number of amides is 8. The van der Waals surface area contributed by atoms with E-state index in [0.717, 1.165) is 15.4 Å². The molecule has 2 aliphatic heterocycles. The van der Waals surface area contributed by atoms with Crippen molar-refractivity contribution in [2.75, 3.05) is 41.3 Å². The first-order chi connectivity index (χ1) is 35.1. The molecule has 2 saturated heterocycles. The first kappa shape index (κ1) is 61.2. The van der Waals surface area contributed by atoms with E-state index in [2.05, 4.69) is 16.0 Å². The van der Waals surface area contributed by atoms with Crippen molar-refractivity contribution in [2.24, 2.45) is 23.7 Å². The van der Waals surface area contributed by atoms with E-state index in [1.807, 2.05) is 57.2 Å². The summed E-state index contributed by atoms with van der Waals surface area (Å²) < 4.78 is 5.98. The number of hydrogen-bond acceptors (Lipinski definition) is 11. The molecule has 2 bridgehead atoms. The predicted molar refractivity (Wildman–Crippen MR) is 283 cm³/mol. The van der Waals surface area contributed by atoms with Gasteiger partial charge in [-0.1, -0.05) is 109 Å². The van der Waals surface area contributed by atoms with Gasteiger partial charge < -0.3 is 50.3 Å². The molecule has 19 heteroatoms. The van der Waals surface area contributed by atoms with Crippen LogP contribution in [0.3, 0.4) is 0 Å². The number of benzene rings is 2. The zero-order valence-corrected chi connectivity index (χ0v) is 46.6. The third-order valence-electron chi connectivity index (χ3n) is 15.1. The summed E-state index contributed by atoms with van der Waals surface area (Å²) in [6.07, 6.45) is -0.205. The standard InChI is InChI=1S/C56H84N8O11/c1-15-34(5)44-53(71)60(11)36(7)47(65)57-41(29-33(3)4)51(69)63(14)46(56(9,10)74)55(73)75-45(35(6)16-2)54(72)61(12)37(8)48(66)58-42(30-38-23-19-17-20-24-38)50(68)62(13)43(31-39-25-21-18-22-26-39)52(70)64-28-27-40(32-64)49(67)59-44/h17-26,33-37,40-46,74H,15-16,27-32H2,1-14H3,(H,57,65)(H,58,66)(H,59,67)/t34?,35?,36-,37-,40+,41-,42?,43-,44-,45+,46+/m0/s1. The molecule has 75 heavy (non-hydrogen) atoms. The Morgan fingerprint density at radius 1 is 0.613 bits per heavy atom. The molecule has 414 valence electrons. The first-order valence-corrected chi connectivity index (χ1v) is 26.4. The first-order valence-electron chi connectivity index (χ1n) is 26.4. The van der Waals surface area contributed by atoms with Crippen molar-refractivity contribution in [1.82, 2.24) is 40.4 Å². The van der Waals surface area contributed by atoms with E-state index in [1.165, 1.54) is 65.7 Å². The monoisotopic (exact) mass is 1040 g/mol. The van der Waals surface area contributed by atoms with Crippen LogP contribution < -0.4 is 16.0 Å². The highest BCUT2D eigenvalue weighted by atomic mass is 16.6. The van der Waals surface area contributed by atoms with Gasteiger partial charge in [0.25, 0.3) is 5.91 Å². The minimum Gasteiger partial charge on any atom is -0.450 e. The number of carbonyl (C=O) groups is 9. The number of carbonyl (C=O) groups excluding carboxylic acids is 9. The third kappa shape index (κ3) is 15.6. The van der Waals surface area contributed by atoms with Crippen LogP contribution in [0.25, 0.3) is 0 Å². The van der Waals surface area contributed by atoms with Crippen LogP contribution in [0, 0.1) is 23.7 Å². The molecule has 0 saturated carbocycles. The molecule has 3 unspecified atom stereocenters. The molecule has 11 atom stereocenters. The van der Waals surface area contributed by atoms with Gasteiger partial charge in [0.05, 0.1) is 11.5 Å². The number of hydrogen-bond donors (Lipinski definition) is 4. The van der Waals surface area contributed by atoms with Gasteiger partial charge in [0, 0.05) is 60.0 Å². The second kappa shape index (κ2) is 26.9. The van der Waals surface area contributed by atoms with Crippen molar-refractivity contribution in [3.05, 3.63) is 71.8 Å². The summed E-state index contributed by atoms with van der Waals surface area (Å²) in [5.41, 5.74) is -0.498. The summed E-state index contributed by atoms with van der Waals surface area (Å²) in [7, 11) is 5.59. The van der Waals surface area contributed by atoms with Gasteiger partial charge in [-0.05, 0) is 69.9 Å². The smallest absolute Gasteiger partial charge is 0.332 e. The van der Waals surface area contributed by atoms with E-state index in [4.69, 9.17) is 4.74 Å². The van der Waals surface area contributed by atoms with Crippen molar-refractivity contribution in [3.63, 3.8) is 0 Å². The second-order valence-corrected chi connectivity index (χ2v) is 21.7. The van der Waals surface area contributed by atoms with Crippen LogP contribution in [-0.2, 0) is 60.7 Å². The Balaban J connectivity index is 1.86. The van der Waals surface area contributed by atoms with Crippen LogP contribution >= 0.6 is 0 Å². The van der Waals surface area contributed by atoms with E-state index in [9.17, 15) is 48.3 Å². The molecule has 0 radical (unpaired) electrons. The zero-order valence-electron chi connectivity index (χ0n) is 46.6. The summed E-state index contributed by atoms with van der Waals surface area (Å²) in [6.45, 7) is 16.6. The lowest BCUT2D eigenvalue weighted by molar-refractivity contribution is -0.177. The van der Waals surface area contributed by atoms with Crippen molar-refractivity contribution in [3.8, 4) is 0 Å². The lowest BCUT2D eigenvalue weighted by Gasteiger charge is -2.39. The number of fused-ring (bicyclic) bond motifs is 2. The molecule has 0 aromatic heterocycles. The van der Waals surface area contributed by atoms with E-state index in [1.54, 1.807) is 49.9 Å². The molecule has 0 aliphatic carbocycles. The third-order valence-corrected chi connectivity index (χ3v) is 15.1. The zero-order chi connectivity index (χ0) is 56.2. The van der Waals surface area contributed by atoms with Gasteiger partial charge in [-0.3, -0.25) is 38.4 Å². The van der Waals surface area contributed by atoms with Crippen LogP contribution in [0.5, 0.6) is 0 Å². The Morgan fingerprint density at radius 3 is 1.61 bits per heavy atom. The summed E-state index contributed by atoms with van der Waals surface area (Å²) in [4.78, 5) is 137. The van der Waals surface area contributed by atoms with Crippen LogP contribution in [0.2, 0.25) is 0 Å². The quantitative estimate of drug-likeness (QED) is 0.239. The molecular formula is C56H84N8O11. The molecule has 0 spiro atoms. The van der Waals surface area contributed by atoms with Crippen LogP contribution in [0.1, 0.15) is 106 Å². The highest BCUT2D eigenvalue weighted by molar-refractivity contribution is 5.97. The number of aliphatic hydroxyl groups is 1. The average molecular weight is 1050 g/mol. The predicted octanol–water partition coefficient (Wildman–Crippen LogP) is 2.96. The lowest BCUT2D eigenvalue weighted by atomic mass is 9.94. The number of cyclic esters (lactones) is 1. The molecular weight excluding hydrogens is 961 g/mol. The number of likely N-dealkylation sites (N-methyl/N-ethyl adjacent to an activating group) is 4. The van der Waals surface area contributed by atoms with Gasteiger partial charge >= 0.3 is 5.97 Å². The fraction of sp³-hybridized carbons (Fsp3) is 0.625. The largest absolute Gasteiger partial charge is 0.450 e. The Bertz CT molecular complexity index is 2330. The van der Waals surface area contributed by atoms with Gasteiger partial charge in [-0.15, -0.1) is 0 Å². The molecule has 8 amide bonds. The number of esters is 1. The second-order valence-electron chi connectivity index (χ2n) is 21.7. The Kier molecular flexibility index (Phi) is 22.0. The van der Waals surface area contributed by atoms with Gasteiger partial charge in [0.1, 0.15) is 36.3 Å². The summed E-state index contributed by atoms with van der Waals surface area (Å²) >= 11 is 0. The topological polar surface area (TPSA) is 235 Å². The summed E-state index contributed by atoms with van der Waals surface area (Å²) in [5.74, 6) is -8.00. The number of rotatable bonds is 11. The fourth-order valence-electron chi connectivity index (χ4n) is 9.55. The maximum atomic E-state index is 15.0. The normalized spacial score (nSPS) is 27.1. The van der Waals surface area contributed by atoms with E-state index in [0.29, 0.717) is 18.4 Å². The van der Waals surface area contributed by atoms with Gasteiger partial charge in [-0.2, -0.15) is 0 Å². The van der Waals surface area contributed by atoms with Crippen molar-refractivity contribution < 1.29 is 53.0 Å². The molecule has 2 aromatic rings. The molecule has 2 aromatic carbocycles. The lowest BCUT2D eigenvalue weighted by Crippen LogP contribution is -2.62. The average Bonchev–Trinajstić information content (AvgIpc) is 3.88. The Labute approximate surface area is 443 Å². The Morgan fingerprint density at radius 2 is 1.11 bits per heavy atom. The molecule has 4 N–H and O–H groups in total. The molecule has 19 nitrogen and oxygen atoms in total. The summed E-state index contributed by atoms with van der Waals surface area (Å²) in [5, 5.41) is 20.1. The van der Waals surface area contributed by atoms with Crippen molar-refractivity contribution in [2.45, 2.75) is 162 Å². The fourth-order valence-corrected chi connectivity index (χ4v) is 9.55. The maximum Gasteiger partial charge on any atom is 0.332 e. The molecule has 4 rings (SSSR count). The highest BCUT2D eigenvalue weighted by Gasteiger charge is 2.46.